The molecule has 2 aromatic carbocycles. The number of rotatable bonds is 0. The monoisotopic (exact) mass is 346 g/mol. The van der Waals surface area contributed by atoms with Gasteiger partial charge in [0.2, 0.25) is 0 Å². The van der Waals surface area contributed by atoms with Crippen molar-refractivity contribution in [1.29, 1.82) is 0 Å². The van der Waals surface area contributed by atoms with Gasteiger partial charge in [-0.3, -0.25) is 0 Å². The molecule has 17 heavy (non-hydrogen) atoms. The molecule has 0 bridgehead atoms. The maximum absolute atomic E-state index is 6.57. The van der Waals surface area contributed by atoms with Crippen LogP contribution in [0.15, 0.2) is 36.4 Å². The van der Waals surface area contributed by atoms with Crippen molar-refractivity contribution < 1.29 is 4.74 Å². The molecular weight excluding hydrogens is 341 g/mol. The summed E-state index contributed by atoms with van der Waals surface area (Å²) < 4.78 is 7.82. The summed E-state index contributed by atoms with van der Waals surface area (Å²) in [6, 6.07) is 11.1. The van der Waals surface area contributed by atoms with Crippen LogP contribution in [0.2, 0.25) is 10.0 Å². The van der Waals surface area contributed by atoms with Gasteiger partial charge >= 0.3 is 118 Å². The van der Waals surface area contributed by atoms with E-state index in [9.17, 15) is 0 Å². The Bertz CT molecular complexity index is 549. The summed E-state index contributed by atoms with van der Waals surface area (Å²) in [5.41, 5.74) is 0. The normalized spacial score (nSPS) is 13.8. The standard InChI is InChI=1S/C12H6AsCl3O/c14-7-1-3-11-9(5-7)13(16)10-6-8(15)2-4-12(10)17-11/h1-6H. The zero-order valence-electron chi connectivity index (χ0n) is 8.45. The SMILES string of the molecule is Clc1ccc2c(c1)[As](Cl)c1cc(Cl)ccc1O2. The van der Waals surface area contributed by atoms with Crippen LogP contribution in [0, 0.1) is 0 Å². The van der Waals surface area contributed by atoms with Gasteiger partial charge in [0.15, 0.2) is 0 Å². The first-order chi connectivity index (χ1) is 8.15. The average molecular weight is 347 g/mol. The molecule has 0 aromatic heterocycles. The van der Waals surface area contributed by atoms with Gasteiger partial charge in [-0.25, -0.2) is 0 Å². The molecule has 3 rings (SSSR count). The Morgan fingerprint density at radius 3 is 1.76 bits per heavy atom. The molecule has 0 spiro atoms. The Balaban J connectivity index is 2.18. The van der Waals surface area contributed by atoms with Gasteiger partial charge in [0.1, 0.15) is 0 Å². The molecule has 0 unspecified atom stereocenters. The summed E-state index contributed by atoms with van der Waals surface area (Å²) in [7, 11) is 6.57. The molecule has 2 aromatic rings. The van der Waals surface area contributed by atoms with Crippen LogP contribution in [-0.4, -0.2) is 13.7 Å². The van der Waals surface area contributed by atoms with Crippen LogP contribution in [0.1, 0.15) is 0 Å². The first-order valence-corrected chi connectivity index (χ1v) is 9.98. The predicted molar refractivity (Wildman–Crippen MR) is 73.9 cm³/mol. The van der Waals surface area contributed by atoms with E-state index in [1.165, 1.54) is 0 Å². The molecule has 0 fully saturated rings. The van der Waals surface area contributed by atoms with E-state index in [2.05, 4.69) is 0 Å². The summed E-state index contributed by atoms with van der Waals surface area (Å²) in [4.78, 5) is 0. The second kappa shape index (κ2) is 4.40. The number of hydrogen-bond acceptors (Lipinski definition) is 1. The van der Waals surface area contributed by atoms with E-state index >= 15 is 0 Å². The molecule has 0 atom stereocenters. The van der Waals surface area contributed by atoms with Gasteiger partial charge in [-0.05, 0) is 0 Å². The maximum atomic E-state index is 6.57. The van der Waals surface area contributed by atoms with Crippen LogP contribution >= 0.6 is 33.2 Å². The van der Waals surface area contributed by atoms with Gasteiger partial charge in [0.05, 0.1) is 0 Å². The molecule has 86 valence electrons. The van der Waals surface area contributed by atoms with Gasteiger partial charge in [0.25, 0.3) is 0 Å². The van der Waals surface area contributed by atoms with E-state index in [-0.39, 0.29) is 0 Å². The molecular formula is C12H6AsCl3O. The van der Waals surface area contributed by atoms with Crippen molar-refractivity contribution >= 4 is 55.6 Å². The first-order valence-electron chi connectivity index (χ1n) is 4.88. The van der Waals surface area contributed by atoms with E-state index in [0.717, 1.165) is 20.2 Å². The number of halogens is 3. The zero-order chi connectivity index (χ0) is 12.0. The fourth-order valence-electron chi connectivity index (χ4n) is 1.71. The van der Waals surface area contributed by atoms with E-state index < -0.39 is 13.7 Å². The summed E-state index contributed by atoms with van der Waals surface area (Å²) >= 11 is 10.1. The third kappa shape index (κ3) is 2.06. The Hall–Kier alpha value is -0.332. The molecule has 0 saturated heterocycles. The van der Waals surface area contributed by atoms with Crippen LogP contribution in [-0.2, 0) is 0 Å². The predicted octanol–water partition coefficient (Wildman–Crippen LogP) is 3.44. The number of ether oxygens (including phenoxy) is 1. The van der Waals surface area contributed by atoms with Crippen LogP contribution in [0.5, 0.6) is 11.5 Å². The van der Waals surface area contributed by atoms with Crippen molar-refractivity contribution in [3.8, 4) is 11.5 Å². The quantitative estimate of drug-likeness (QED) is 0.664. The summed E-state index contributed by atoms with van der Waals surface area (Å²) in [5, 5.41) is 1.36. The topological polar surface area (TPSA) is 9.23 Å². The fourth-order valence-corrected chi connectivity index (χ4v) is 6.68. The van der Waals surface area contributed by atoms with E-state index in [1.54, 1.807) is 12.1 Å². The Kier molecular flexibility index (Phi) is 3.04. The van der Waals surface area contributed by atoms with Crippen molar-refractivity contribution in [2.24, 2.45) is 0 Å². The Labute approximate surface area is 118 Å². The molecule has 1 aliphatic rings. The molecule has 1 nitrogen and oxygen atoms in total. The van der Waals surface area contributed by atoms with Crippen LogP contribution in [0.4, 0.5) is 0 Å². The summed E-state index contributed by atoms with van der Waals surface area (Å²) in [6.07, 6.45) is 0. The fraction of sp³-hybridized carbons (Fsp3) is 0. The third-order valence-electron chi connectivity index (χ3n) is 2.48. The Morgan fingerprint density at radius 2 is 1.29 bits per heavy atom. The van der Waals surface area contributed by atoms with E-state index in [1.807, 2.05) is 24.3 Å². The van der Waals surface area contributed by atoms with Gasteiger partial charge in [0, 0.05) is 0 Å². The van der Waals surface area contributed by atoms with Gasteiger partial charge in [-0.2, -0.15) is 0 Å². The van der Waals surface area contributed by atoms with Crippen LogP contribution in [0.25, 0.3) is 0 Å². The van der Waals surface area contributed by atoms with Gasteiger partial charge < -0.3 is 0 Å². The minimum atomic E-state index is -1.84. The average Bonchev–Trinajstić information content (AvgIpc) is 2.32. The molecule has 1 aliphatic heterocycles. The van der Waals surface area contributed by atoms with Crippen LogP contribution < -0.4 is 13.4 Å². The Morgan fingerprint density at radius 1 is 0.824 bits per heavy atom. The molecule has 0 N–H and O–H groups in total. The molecule has 0 radical (unpaired) electrons. The second-order valence-electron chi connectivity index (χ2n) is 3.61. The minimum absolute atomic E-state index is 0.679. The molecule has 0 saturated carbocycles. The third-order valence-corrected chi connectivity index (χ3v) is 8.09. The van der Waals surface area contributed by atoms with Crippen molar-refractivity contribution in [3.63, 3.8) is 0 Å². The van der Waals surface area contributed by atoms with Gasteiger partial charge in [-0.1, -0.05) is 0 Å². The van der Waals surface area contributed by atoms with E-state index in [4.69, 9.17) is 37.9 Å². The van der Waals surface area contributed by atoms with Gasteiger partial charge in [-0.15, -0.1) is 0 Å². The summed E-state index contributed by atoms with van der Waals surface area (Å²) in [5.74, 6) is 1.61. The second-order valence-corrected chi connectivity index (χ2v) is 9.44. The first kappa shape index (κ1) is 11.7. The summed E-state index contributed by atoms with van der Waals surface area (Å²) in [6.45, 7) is 0. The zero-order valence-corrected chi connectivity index (χ0v) is 12.6. The van der Waals surface area contributed by atoms with Crippen molar-refractivity contribution in [1.82, 2.24) is 0 Å². The number of benzene rings is 2. The van der Waals surface area contributed by atoms with Crippen molar-refractivity contribution in [2.75, 3.05) is 0 Å². The van der Waals surface area contributed by atoms with Crippen molar-refractivity contribution in [2.45, 2.75) is 0 Å². The number of fused-ring (bicyclic) bond motifs is 2. The molecule has 5 heteroatoms. The van der Waals surface area contributed by atoms with Crippen molar-refractivity contribution in [3.05, 3.63) is 46.4 Å². The molecule has 0 amide bonds. The molecule has 0 aliphatic carbocycles. The molecule has 1 heterocycles. The van der Waals surface area contributed by atoms with Crippen LogP contribution in [0.3, 0.4) is 0 Å². The van der Waals surface area contributed by atoms with E-state index in [0.29, 0.717) is 10.0 Å². The number of hydrogen-bond donors (Lipinski definition) is 0.